The SMILES string of the molecule is NC(=O)CN1CCNCC12CCCCC2. The second-order valence-electron chi connectivity index (χ2n) is 4.85. The third-order valence-corrected chi connectivity index (χ3v) is 3.81. The van der Waals surface area contributed by atoms with Crippen LogP contribution in [0, 0.1) is 0 Å². The number of nitrogens with zero attached hydrogens (tertiary/aromatic N) is 1. The van der Waals surface area contributed by atoms with Crippen LogP contribution in [0.5, 0.6) is 0 Å². The number of nitrogens with two attached hydrogens (primary N) is 1. The number of carbonyl (C=O) groups excluding carboxylic acids is 1. The fourth-order valence-corrected chi connectivity index (χ4v) is 3.02. The van der Waals surface area contributed by atoms with E-state index < -0.39 is 0 Å². The topological polar surface area (TPSA) is 58.4 Å². The van der Waals surface area contributed by atoms with Gasteiger partial charge in [-0.25, -0.2) is 0 Å². The monoisotopic (exact) mass is 211 g/mol. The van der Waals surface area contributed by atoms with E-state index in [0.29, 0.717) is 6.54 Å². The van der Waals surface area contributed by atoms with Crippen molar-refractivity contribution in [1.29, 1.82) is 0 Å². The molecule has 0 atom stereocenters. The van der Waals surface area contributed by atoms with Gasteiger partial charge in [0.15, 0.2) is 0 Å². The Labute approximate surface area is 91.2 Å². The van der Waals surface area contributed by atoms with E-state index in [-0.39, 0.29) is 11.4 Å². The molecule has 3 N–H and O–H groups in total. The van der Waals surface area contributed by atoms with E-state index in [4.69, 9.17) is 5.73 Å². The van der Waals surface area contributed by atoms with Crippen LogP contribution in [0.15, 0.2) is 0 Å². The van der Waals surface area contributed by atoms with Crippen LogP contribution in [0.4, 0.5) is 0 Å². The first-order valence-electron chi connectivity index (χ1n) is 5.97. The number of nitrogens with one attached hydrogen (secondary N) is 1. The Morgan fingerprint density at radius 1 is 1.33 bits per heavy atom. The Bertz CT molecular complexity index is 228. The molecule has 0 radical (unpaired) electrons. The molecule has 1 aliphatic heterocycles. The van der Waals surface area contributed by atoms with Crippen LogP contribution < -0.4 is 11.1 Å². The molecule has 2 fully saturated rings. The van der Waals surface area contributed by atoms with Crippen LogP contribution >= 0.6 is 0 Å². The molecule has 2 rings (SSSR count). The molecule has 1 amide bonds. The first-order valence-corrected chi connectivity index (χ1v) is 5.97. The quantitative estimate of drug-likeness (QED) is 0.680. The number of primary amides is 1. The summed E-state index contributed by atoms with van der Waals surface area (Å²) >= 11 is 0. The highest BCUT2D eigenvalue weighted by Gasteiger charge is 2.39. The van der Waals surface area contributed by atoms with Gasteiger partial charge in [-0.15, -0.1) is 0 Å². The lowest BCUT2D eigenvalue weighted by atomic mass is 9.79. The van der Waals surface area contributed by atoms with Crippen molar-refractivity contribution in [2.45, 2.75) is 37.6 Å². The average Bonchev–Trinajstić information content (AvgIpc) is 2.23. The van der Waals surface area contributed by atoms with Crippen molar-refractivity contribution in [2.75, 3.05) is 26.2 Å². The van der Waals surface area contributed by atoms with Gasteiger partial charge >= 0.3 is 0 Å². The van der Waals surface area contributed by atoms with Crippen LogP contribution in [0.25, 0.3) is 0 Å². The zero-order valence-electron chi connectivity index (χ0n) is 9.30. The predicted octanol–water partition coefficient (Wildman–Crippen LogP) is 0.0798. The maximum atomic E-state index is 11.1. The summed E-state index contributed by atoms with van der Waals surface area (Å²) in [7, 11) is 0. The first-order chi connectivity index (χ1) is 7.23. The highest BCUT2D eigenvalue weighted by atomic mass is 16.1. The van der Waals surface area contributed by atoms with Gasteiger partial charge in [0.1, 0.15) is 0 Å². The van der Waals surface area contributed by atoms with Crippen molar-refractivity contribution in [3.05, 3.63) is 0 Å². The zero-order valence-corrected chi connectivity index (χ0v) is 9.30. The van der Waals surface area contributed by atoms with Crippen LogP contribution in [0.2, 0.25) is 0 Å². The number of amides is 1. The molecule has 0 bridgehead atoms. The summed E-state index contributed by atoms with van der Waals surface area (Å²) in [6, 6.07) is 0. The van der Waals surface area contributed by atoms with E-state index in [1.807, 2.05) is 0 Å². The van der Waals surface area contributed by atoms with Crippen molar-refractivity contribution in [2.24, 2.45) is 5.73 Å². The van der Waals surface area contributed by atoms with Gasteiger partial charge < -0.3 is 11.1 Å². The molecular formula is C11H21N3O. The van der Waals surface area contributed by atoms with Gasteiger partial charge in [0, 0.05) is 25.2 Å². The van der Waals surface area contributed by atoms with E-state index in [2.05, 4.69) is 10.2 Å². The molecule has 15 heavy (non-hydrogen) atoms. The normalized spacial score (nSPS) is 26.7. The molecule has 1 spiro atoms. The van der Waals surface area contributed by atoms with Gasteiger partial charge in [-0.2, -0.15) is 0 Å². The lowest BCUT2D eigenvalue weighted by Gasteiger charge is -2.49. The number of rotatable bonds is 2. The number of carbonyl (C=O) groups is 1. The molecule has 1 heterocycles. The molecule has 4 heteroatoms. The van der Waals surface area contributed by atoms with Crippen molar-refractivity contribution in [3.63, 3.8) is 0 Å². The van der Waals surface area contributed by atoms with Gasteiger partial charge in [-0.3, -0.25) is 9.69 Å². The van der Waals surface area contributed by atoms with Crippen LogP contribution in [-0.4, -0.2) is 42.5 Å². The Kier molecular flexibility index (Phi) is 3.26. The molecular weight excluding hydrogens is 190 g/mol. The largest absolute Gasteiger partial charge is 0.369 e. The first kappa shape index (κ1) is 10.9. The number of hydrogen-bond donors (Lipinski definition) is 2. The summed E-state index contributed by atoms with van der Waals surface area (Å²) in [5.74, 6) is -0.193. The minimum Gasteiger partial charge on any atom is -0.369 e. The zero-order chi connectivity index (χ0) is 10.7. The van der Waals surface area contributed by atoms with Crippen molar-refractivity contribution >= 4 is 5.91 Å². The summed E-state index contributed by atoms with van der Waals surface area (Å²) in [5, 5.41) is 3.45. The minimum absolute atomic E-state index is 0.193. The standard InChI is InChI=1S/C11H21N3O/c12-10(15)8-14-7-6-13-9-11(14)4-2-1-3-5-11/h13H,1-9H2,(H2,12,15). The van der Waals surface area contributed by atoms with Crippen LogP contribution in [0.3, 0.4) is 0 Å². The fourth-order valence-electron chi connectivity index (χ4n) is 3.02. The van der Waals surface area contributed by atoms with Crippen molar-refractivity contribution in [3.8, 4) is 0 Å². The third-order valence-electron chi connectivity index (χ3n) is 3.81. The molecule has 2 aliphatic rings. The van der Waals surface area contributed by atoms with E-state index in [1.165, 1.54) is 32.1 Å². The molecule has 0 unspecified atom stereocenters. The van der Waals surface area contributed by atoms with E-state index >= 15 is 0 Å². The maximum absolute atomic E-state index is 11.1. The summed E-state index contributed by atoms with van der Waals surface area (Å²) in [4.78, 5) is 13.4. The van der Waals surface area contributed by atoms with Gasteiger partial charge in [0.2, 0.25) is 5.91 Å². The Balaban J connectivity index is 2.06. The lowest BCUT2D eigenvalue weighted by molar-refractivity contribution is -0.121. The number of piperazine rings is 1. The van der Waals surface area contributed by atoms with E-state index in [9.17, 15) is 4.79 Å². The molecule has 4 nitrogen and oxygen atoms in total. The predicted molar refractivity (Wildman–Crippen MR) is 59.5 cm³/mol. The highest BCUT2D eigenvalue weighted by molar-refractivity contribution is 5.76. The maximum Gasteiger partial charge on any atom is 0.231 e. The molecule has 1 saturated carbocycles. The lowest BCUT2D eigenvalue weighted by Crippen LogP contribution is -2.63. The molecule has 86 valence electrons. The molecule has 0 aromatic rings. The average molecular weight is 211 g/mol. The van der Waals surface area contributed by atoms with E-state index in [1.54, 1.807) is 0 Å². The molecule has 1 saturated heterocycles. The van der Waals surface area contributed by atoms with Gasteiger partial charge in [0.25, 0.3) is 0 Å². The fraction of sp³-hybridized carbons (Fsp3) is 0.909. The second kappa shape index (κ2) is 4.49. The Morgan fingerprint density at radius 2 is 2.07 bits per heavy atom. The summed E-state index contributed by atoms with van der Waals surface area (Å²) in [5.41, 5.74) is 5.54. The third kappa shape index (κ3) is 2.32. The molecule has 0 aromatic heterocycles. The van der Waals surface area contributed by atoms with E-state index in [0.717, 1.165) is 19.6 Å². The molecule has 0 aromatic carbocycles. The van der Waals surface area contributed by atoms with Crippen LogP contribution in [0.1, 0.15) is 32.1 Å². The van der Waals surface area contributed by atoms with Gasteiger partial charge in [-0.05, 0) is 12.8 Å². The summed E-state index contributed by atoms with van der Waals surface area (Å²) < 4.78 is 0. The van der Waals surface area contributed by atoms with Gasteiger partial charge in [-0.1, -0.05) is 19.3 Å². The van der Waals surface area contributed by atoms with Crippen molar-refractivity contribution < 1.29 is 4.79 Å². The van der Waals surface area contributed by atoms with Crippen LogP contribution in [-0.2, 0) is 4.79 Å². The molecule has 1 aliphatic carbocycles. The van der Waals surface area contributed by atoms with Gasteiger partial charge in [0.05, 0.1) is 6.54 Å². The summed E-state index contributed by atoms with van der Waals surface area (Å²) in [6.45, 7) is 3.40. The second-order valence-corrected chi connectivity index (χ2v) is 4.85. The minimum atomic E-state index is -0.193. The smallest absolute Gasteiger partial charge is 0.231 e. The summed E-state index contributed by atoms with van der Waals surface area (Å²) in [6.07, 6.45) is 6.35. The highest BCUT2D eigenvalue weighted by Crippen LogP contribution is 2.34. The van der Waals surface area contributed by atoms with Crippen molar-refractivity contribution in [1.82, 2.24) is 10.2 Å². The number of hydrogen-bond acceptors (Lipinski definition) is 3. The Morgan fingerprint density at radius 3 is 2.73 bits per heavy atom. The Hall–Kier alpha value is -0.610.